The molecule has 0 spiro atoms. The normalized spacial score (nSPS) is 14.2. The van der Waals surface area contributed by atoms with Gasteiger partial charge in [-0.3, -0.25) is 14.3 Å². The van der Waals surface area contributed by atoms with Gasteiger partial charge in [0.2, 0.25) is 5.91 Å². The van der Waals surface area contributed by atoms with Crippen LogP contribution in [0.3, 0.4) is 0 Å². The number of piperidine rings is 1. The van der Waals surface area contributed by atoms with Crippen molar-refractivity contribution >= 4 is 17.7 Å². The molecule has 1 amide bonds. The highest BCUT2D eigenvalue weighted by atomic mass is 32.2. The van der Waals surface area contributed by atoms with Crippen LogP contribution < -0.4 is 4.74 Å². The van der Waals surface area contributed by atoms with E-state index in [0.717, 1.165) is 35.9 Å². The molecule has 3 aromatic rings. The number of likely N-dealkylation sites (tertiary alicyclic amines) is 1. The number of hydrogen-bond donors (Lipinski definition) is 0. The summed E-state index contributed by atoms with van der Waals surface area (Å²) >= 11 is 1.34. The predicted octanol–water partition coefficient (Wildman–Crippen LogP) is 4.15. The van der Waals surface area contributed by atoms with Gasteiger partial charge in [-0.2, -0.15) is 0 Å². The molecular formula is C25H30FN5O2S. The summed E-state index contributed by atoms with van der Waals surface area (Å²) in [6.07, 6.45) is 3.62. The number of aromatic nitrogens is 3. The van der Waals surface area contributed by atoms with E-state index >= 15 is 0 Å². The summed E-state index contributed by atoms with van der Waals surface area (Å²) in [5.74, 6) is 1.48. The van der Waals surface area contributed by atoms with E-state index in [4.69, 9.17) is 4.74 Å². The zero-order valence-electron chi connectivity index (χ0n) is 19.6. The molecule has 1 aliphatic heterocycles. The van der Waals surface area contributed by atoms with E-state index in [1.165, 1.54) is 43.2 Å². The van der Waals surface area contributed by atoms with Crippen LogP contribution >= 0.6 is 11.8 Å². The summed E-state index contributed by atoms with van der Waals surface area (Å²) < 4.78 is 20.8. The molecule has 1 saturated heterocycles. The van der Waals surface area contributed by atoms with Crippen LogP contribution in [0.25, 0.3) is 5.69 Å². The second-order valence-corrected chi connectivity index (χ2v) is 9.38. The molecule has 0 unspecified atom stereocenters. The van der Waals surface area contributed by atoms with Gasteiger partial charge in [-0.05, 0) is 67.9 Å². The van der Waals surface area contributed by atoms with Crippen molar-refractivity contribution in [3.63, 3.8) is 0 Å². The summed E-state index contributed by atoms with van der Waals surface area (Å²) in [7, 11) is 3.41. The predicted molar refractivity (Wildman–Crippen MR) is 131 cm³/mol. The summed E-state index contributed by atoms with van der Waals surface area (Å²) in [6.45, 7) is 3.23. The van der Waals surface area contributed by atoms with Crippen molar-refractivity contribution in [3.8, 4) is 11.4 Å². The number of rotatable bonds is 9. The van der Waals surface area contributed by atoms with Crippen molar-refractivity contribution < 1.29 is 13.9 Å². The highest BCUT2D eigenvalue weighted by Gasteiger charge is 2.20. The first-order chi connectivity index (χ1) is 16.5. The van der Waals surface area contributed by atoms with Gasteiger partial charge < -0.3 is 9.64 Å². The number of nitrogens with zero attached hydrogens (tertiary/aromatic N) is 5. The van der Waals surface area contributed by atoms with Crippen LogP contribution in [0, 0.1) is 5.82 Å². The van der Waals surface area contributed by atoms with Crippen LogP contribution in [-0.4, -0.2) is 63.5 Å². The Morgan fingerprint density at radius 3 is 2.62 bits per heavy atom. The van der Waals surface area contributed by atoms with Gasteiger partial charge in [0.05, 0.1) is 19.4 Å². The van der Waals surface area contributed by atoms with Crippen LogP contribution in [0.5, 0.6) is 5.75 Å². The number of ether oxygens (including phenoxy) is 1. The average Bonchev–Trinajstić information content (AvgIpc) is 3.25. The van der Waals surface area contributed by atoms with Crippen molar-refractivity contribution in [2.75, 3.05) is 33.0 Å². The Bertz CT molecular complexity index is 1100. The fourth-order valence-electron chi connectivity index (χ4n) is 4.03. The second-order valence-electron chi connectivity index (χ2n) is 8.44. The van der Waals surface area contributed by atoms with Gasteiger partial charge in [-0.1, -0.05) is 30.3 Å². The van der Waals surface area contributed by atoms with E-state index in [1.807, 2.05) is 28.8 Å². The summed E-state index contributed by atoms with van der Waals surface area (Å²) in [5.41, 5.74) is 1.79. The molecule has 2 aromatic carbocycles. The molecule has 1 fully saturated rings. The van der Waals surface area contributed by atoms with Crippen LogP contribution in [0.2, 0.25) is 0 Å². The maximum atomic E-state index is 13.6. The molecule has 34 heavy (non-hydrogen) atoms. The Morgan fingerprint density at radius 1 is 1.12 bits per heavy atom. The molecule has 4 rings (SSSR count). The maximum absolute atomic E-state index is 13.6. The molecule has 0 N–H and O–H groups in total. The van der Waals surface area contributed by atoms with E-state index in [1.54, 1.807) is 31.2 Å². The first-order valence-electron chi connectivity index (χ1n) is 11.5. The Labute approximate surface area is 203 Å². The van der Waals surface area contributed by atoms with E-state index in [2.05, 4.69) is 15.1 Å². The number of methoxy groups -OCH3 is 1. The standard InChI is InChI=1S/C25H30FN5O2S/c1-29(16-19-7-6-8-22(15-19)33-2)24(32)18-34-25-28-27-23(17-30-13-4-3-5-14-30)31(25)21-11-9-20(26)10-12-21/h6-12,15H,3-5,13-14,16-18H2,1-2H3. The number of halogens is 1. The van der Waals surface area contributed by atoms with Crippen LogP contribution in [-0.2, 0) is 17.9 Å². The van der Waals surface area contributed by atoms with E-state index in [9.17, 15) is 9.18 Å². The quantitative estimate of drug-likeness (QED) is 0.426. The van der Waals surface area contributed by atoms with E-state index in [-0.39, 0.29) is 17.5 Å². The van der Waals surface area contributed by atoms with Gasteiger partial charge in [-0.25, -0.2) is 4.39 Å². The van der Waals surface area contributed by atoms with Crippen molar-refractivity contribution in [1.82, 2.24) is 24.6 Å². The third-order valence-corrected chi connectivity index (χ3v) is 6.82. The summed E-state index contributed by atoms with van der Waals surface area (Å²) in [6, 6.07) is 14.0. The SMILES string of the molecule is COc1cccc(CN(C)C(=O)CSc2nnc(CN3CCCCC3)n2-c2ccc(F)cc2)c1. The van der Waals surface area contributed by atoms with Crippen LogP contribution in [0.15, 0.2) is 53.7 Å². The second kappa shape index (κ2) is 11.5. The lowest BCUT2D eigenvalue weighted by Crippen LogP contribution is -2.30. The van der Waals surface area contributed by atoms with E-state index in [0.29, 0.717) is 18.2 Å². The first kappa shape index (κ1) is 24.2. The fraction of sp³-hybridized carbons (Fsp3) is 0.400. The van der Waals surface area contributed by atoms with Gasteiger partial charge in [0.25, 0.3) is 0 Å². The Hall–Kier alpha value is -2.91. The lowest BCUT2D eigenvalue weighted by atomic mass is 10.1. The summed E-state index contributed by atoms with van der Waals surface area (Å²) in [5, 5.41) is 9.45. The monoisotopic (exact) mass is 483 g/mol. The number of hydrogen-bond acceptors (Lipinski definition) is 6. The maximum Gasteiger partial charge on any atom is 0.233 e. The molecule has 7 nitrogen and oxygen atoms in total. The molecule has 0 aliphatic carbocycles. The molecule has 0 bridgehead atoms. The van der Waals surface area contributed by atoms with Gasteiger partial charge in [0.1, 0.15) is 11.6 Å². The molecule has 180 valence electrons. The van der Waals surface area contributed by atoms with Gasteiger partial charge >= 0.3 is 0 Å². The van der Waals surface area contributed by atoms with Gasteiger partial charge in [0, 0.05) is 19.3 Å². The minimum atomic E-state index is -0.294. The Morgan fingerprint density at radius 2 is 1.88 bits per heavy atom. The van der Waals surface area contributed by atoms with Crippen molar-refractivity contribution in [1.29, 1.82) is 0 Å². The van der Waals surface area contributed by atoms with Crippen LogP contribution in [0.1, 0.15) is 30.7 Å². The lowest BCUT2D eigenvalue weighted by Gasteiger charge is -2.26. The number of carbonyl (C=O) groups excluding carboxylic acids is 1. The number of amides is 1. The number of carbonyl (C=O) groups is 1. The average molecular weight is 484 g/mol. The largest absolute Gasteiger partial charge is 0.497 e. The number of benzene rings is 2. The van der Waals surface area contributed by atoms with Gasteiger partial charge in [0.15, 0.2) is 11.0 Å². The molecule has 2 heterocycles. The highest BCUT2D eigenvalue weighted by molar-refractivity contribution is 7.99. The van der Waals surface area contributed by atoms with Crippen molar-refractivity contribution in [2.45, 2.75) is 37.5 Å². The molecule has 1 aliphatic rings. The van der Waals surface area contributed by atoms with Crippen molar-refractivity contribution in [2.24, 2.45) is 0 Å². The van der Waals surface area contributed by atoms with Crippen LogP contribution in [0.4, 0.5) is 4.39 Å². The van der Waals surface area contributed by atoms with Crippen molar-refractivity contribution in [3.05, 3.63) is 65.7 Å². The molecule has 1 aromatic heterocycles. The smallest absolute Gasteiger partial charge is 0.233 e. The highest BCUT2D eigenvalue weighted by Crippen LogP contribution is 2.24. The summed E-state index contributed by atoms with van der Waals surface area (Å²) in [4.78, 5) is 16.9. The molecular weight excluding hydrogens is 453 g/mol. The molecule has 0 saturated carbocycles. The minimum Gasteiger partial charge on any atom is -0.497 e. The molecule has 0 atom stereocenters. The Balaban J connectivity index is 1.46. The molecule has 9 heteroatoms. The van der Waals surface area contributed by atoms with E-state index < -0.39 is 0 Å². The van der Waals surface area contributed by atoms with Gasteiger partial charge in [-0.15, -0.1) is 10.2 Å². The number of thioether (sulfide) groups is 1. The third-order valence-electron chi connectivity index (χ3n) is 5.90. The third kappa shape index (κ3) is 6.15. The minimum absolute atomic E-state index is 0.0148. The zero-order chi connectivity index (χ0) is 23.9. The first-order valence-corrected chi connectivity index (χ1v) is 12.4. The lowest BCUT2D eigenvalue weighted by molar-refractivity contribution is -0.127. The zero-order valence-corrected chi connectivity index (χ0v) is 20.4. The molecule has 0 radical (unpaired) electrons. The Kier molecular flexibility index (Phi) is 8.18. The topological polar surface area (TPSA) is 63.5 Å². The fourth-order valence-corrected chi connectivity index (χ4v) is 4.94.